The molecule has 146 valence electrons. The number of methoxy groups -OCH3 is 2. The van der Waals surface area contributed by atoms with Gasteiger partial charge in [0.1, 0.15) is 0 Å². The van der Waals surface area contributed by atoms with Crippen molar-refractivity contribution in [3.05, 3.63) is 23.8 Å². The summed E-state index contributed by atoms with van der Waals surface area (Å²) >= 11 is 0. The van der Waals surface area contributed by atoms with E-state index in [1.807, 2.05) is 13.0 Å². The van der Waals surface area contributed by atoms with Crippen LogP contribution in [-0.2, 0) is 0 Å². The molecule has 0 aromatic heterocycles. The van der Waals surface area contributed by atoms with Gasteiger partial charge in [-0.2, -0.15) is 0 Å². The van der Waals surface area contributed by atoms with Crippen LogP contribution in [0.5, 0.6) is 11.5 Å². The molecule has 1 aliphatic rings. The number of benzene rings is 1. The van der Waals surface area contributed by atoms with Gasteiger partial charge < -0.3 is 25.2 Å². The Hall–Kier alpha value is -1.95. The summed E-state index contributed by atoms with van der Waals surface area (Å²) in [5.74, 6) is 2.02. The lowest BCUT2D eigenvalue weighted by Gasteiger charge is -2.40. The number of aliphatic hydroxyl groups is 1. The van der Waals surface area contributed by atoms with Crippen LogP contribution >= 0.6 is 0 Å². The Bertz CT molecular complexity index is 594. The second kappa shape index (κ2) is 9.67. The Morgan fingerprint density at radius 3 is 2.46 bits per heavy atom. The molecule has 1 aliphatic carbocycles. The number of aliphatic imine (C=N–C) groups is 1. The molecule has 0 amide bonds. The molecule has 0 saturated heterocycles. The van der Waals surface area contributed by atoms with Gasteiger partial charge in [0.2, 0.25) is 0 Å². The summed E-state index contributed by atoms with van der Waals surface area (Å²) in [6.07, 6.45) is 4.35. The Morgan fingerprint density at radius 2 is 1.92 bits per heavy atom. The van der Waals surface area contributed by atoms with E-state index in [2.05, 4.69) is 17.6 Å². The van der Waals surface area contributed by atoms with Crippen molar-refractivity contribution in [3.63, 3.8) is 0 Å². The van der Waals surface area contributed by atoms with Gasteiger partial charge in [-0.25, -0.2) is 0 Å². The van der Waals surface area contributed by atoms with Crippen LogP contribution < -0.4 is 20.1 Å². The summed E-state index contributed by atoms with van der Waals surface area (Å²) in [5.41, 5.74) is 1.15. The first kappa shape index (κ1) is 20.4. The Labute approximate surface area is 157 Å². The van der Waals surface area contributed by atoms with Crippen molar-refractivity contribution < 1.29 is 14.6 Å². The molecule has 1 atom stereocenters. The SMILES string of the molecule is CCNC(=NCC1(CC)CCC1)NCC(O)c1ccc(OC)c(OC)c1. The van der Waals surface area contributed by atoms with E-state index in [1.54, 1.807) is 26.4 Å². The first-order valence-corrected chi connectivity index (χ1v) is 9.49. The summed E-state index contributed by atoms with van der Waals surface area (Å²) in [7, 11) is 3.19. The van der Waals surface area contributed by atoms with Gasteiger partial charge in [-0.1, -0.05) is 19.4 Å². The molecule has 1 saturated carbocycles. The fourth-order valence-electron chi connectivity index (χ4n) is 3.26. The normalized spacial score (nSPS) is 17.2. The minimum atomic E-state index is -0.664. The van der Waals surface area contributed by atoms with Gasteiger partial charge in [-0.15, -0.1) is 0 Å². The van der Waals surface area contributed by atoms with E-state index >= 15 is 0 Å². The van der Waals surface area contributed by atoms with Gasteiger partial charge in [0.15, 0.2) is 17.5 Å². The molecular weight excluding hydrogens is 330 g/mol. The maximum atomic E-state index is 10.5. The first-order valence-electron chi connectivity index (χ1n) is 9.49. The third-order valence-corrected chi connectivity index (χ3v) is 5.34. The molecule has 1 unspecified atom stereocenters. The number of nitrogens with one attached hydrogen (secondary N) is 2. The lowest BCUT2D eigenvalue weighted by Crippen LogP contribution is -2.41. The number of nitrogens with zero attached hydrogens (tertiary/aromatic N) is 1. The minimum Gasteiger partial charge on any atom is -0.493 e. The lowest BCUT2D eigenvalue weighted by molar-refractivity contribution is 0.139. The predicted octanol–water partition coefficient (Wildman–Crippen LogP) is 2.87. The third kappa shape index (κ3) is 5.04. The lowest BCUT2D eigenvalue weighted by atomic mass is 9.67. The van der Waals surface area contributed by atoms with Crippen molar-refractivity contribution in [3.8, 4) is 11.5 Å². The van der Waals surface area contributed by atoms with Crippen molar-refractivity contribution in [1.29, 1.82) is 0 Å². The predicted molar refractivity (Wildman–Crippen MR) is 105 cm³/mol. The van der Waals surface area contributed by atoms with E-state index in [0.717, 1.165) is 24.6 Å². The molecule has 0 radical (unpaired) electrons. The number of aliphatic hydroxyl groups excluding tert-OH is 1. The average Bonchev–Trinajstić information content (AvgIpc) is 2.64. The van der Waals surface area contributed by atoms with E-state index in [1.165, 1.54) is 25.7 Å². The summed E-state index contributed by atoms with van der Waals surface area (Å²) in [6, 6.07) is 5.45. The second-order valence-corrected chi connectivity index (χ2v) is 6.91. The van der Waals surface area contributed by atoms with Gasteiger partial charge in [0.05, 0.1) is 20.3 Å². The number of hydrogen-bond acceptors (Lipinski definition) is 4. The van der Waals surface area contributed by atoms with E-state index in [9.17, 15) is 5.11 Å². The number of ether oxygens (including phenoxy) is 2. The van der Waals surface area contributed by atoms with Crippen LogP contribution in [0.3, 0.4) is 0 Å². The zero-order valence-electron chi connectivity index (χ0n) is 16.5. The number of guanidine groups is 1. The molecule has 1 fully saturated rings. The minimum absolute atomic E-state index is 0.375. The molecule has 0 aliphatic heterocycles. The van der Waals surface area contributed by atoms with Crippen LogP contribution in [0.15, 0.2) is 23.2 Å². The molecule has 3 N–H and O–H groups in total. The van der Waals surface area contributed by atoms with Crippen LogP contribution in [0, 0.1) is 5.41 Å². The average molecular weight is 364 g/mol. The molecule has 2 rings (SSSR count). The summed E-state index contributed by atoms with van der Waals surface area (Å²) in [6.45, 7) is 6.29. The van der Waals surface area contributed by atoms with E-state index in [4.69, 9.17) is 14.5 Å². The van der Waals surface area contributed by atoms with Gasteiger partial charge in [-0.05, 0) is 49.3 Å². The quantitative estimate of drug-likeness (QED) is 0.465. The van der Waals surface area contributed by atoms with E-state index in [0.29, 0.717) is 23.5 Å². The molecule has 26 heavy (non-hydrogen) atoms. The van der Waals surface area contributed by atoms with Crippen molar-refractivity contribution in [2.75, 3.05) is 33.9 Å². The Kier molecular flexibility index (Phi) is 7.57. The van der Waals surface area contributed by atoms with Crippen molar-refractivity contribution in [2.45, 2.75) is 45.6 Å². The van der Waals surface area contributed by atoms with Crippen molar-refractivity contribution >= 4 is 5.96 Å². The molecule has 6 nitrogen and oxygen atoms in total. The van der Waals surface area contributed by atoms with E-state index in [-0.39, 0.29) is 0 Å². The van der Waals surface area contributed by atoms with Gasteiger partial charge in [0.25, 0.3) is 0 Å². The Balaban J connectivity index is 1.97. The first-order chi connectivity index (χ1) is 12.6. The topological polar surface area (TPSA) is 75.1 Å². The highest BCUT2D eigenvalue weighted by Crippen LogP contribution is 2.43. The van der Waals surface area contributed by atoms with Gasteiger partial charge in [-0.3, -0.25) is 4.99 Å². The van der Waals surface area contributed by atoms with Gasteiger partial charge in [0, 0.05) is 19.6 Å². The van der Waals surface area contributed by atoms with Crippen LogP contribution in [0.4, 0.5) is 0 Å². The smallest absolute Gasteiger partial charge is 0.191 e. The van der Waals surface area contributed by atoms with Crippen LogP contribution in [0.1, 0.15) is 51.2 Å². The van der Waals surface area contributed by atoms with E-state index < -0.39 is 6.10 Å². The highest BCUT2D eigenvalue weighted by atomic mass is 16.5. The summed E-state index contributed by atoms with van der Waals surface area (Å²) in [5, 5.41) is 17.0. The fraction of sp³-hybridized carbons (Fsp3) is 0.650. The maximum Gasteiger partial charge on any atom is 0.191 e. The van der Waals surface area contributed by atoms with Gasteiger partial charge >= 0.3 is 0 Å². The molecule has 0 spiro atoms. The molecule has 1 aromatic rings. The number of rotatable bonds is 9. The maximum absolute atomic E-state index is 10.5. The highest BCUT2D eigenvalue weighted by molar-refractivity contribution is 5.79. The molecule has 1 aromatic carbocycles. The van der Waals surface area contributed by atoms with Crippen molar-refractivity contribution in [2.24, 2.45) is 10.4 Å². The molecule has 6 heteroatoms. The summed E-state index contributed by atoms with van der Waals surface area (Å²) < 4.78 is 10.5. The Morgan fingerprint density at radius 1 is 1.19 bits per heavy atom. The molecule has 0 heterocycles. The monoisotopic (exact) mass is 363 g/mol. The summed E-state index contributed by atoms with van der Waals surface area (Å²) in [4.78, 5) is 4.74. The third-order valence-electron chi connectivity index (χ3n) is 5.34. The fourth-order valence-corrected chi connectivity index (χ4v) is 3.26. The standard InChI is InChI=1S/C20H33N3O3/c1-5-20(10-7-11-20)14-23-19(21-6-2)22-13-16(24)15-8-9-17(25-3)18(12-15)26-4/h8-9,12,16,24H,5-7,10-11,13-14H2,1-4H3,(H2,21,22,23). The molecule has 0 bridgehead atoms. The molecular formula is C20H33N3O3. The van der Waals surface area contributed by atoms with Crippen LogP contribution in [-0.4, -0.2) is 44.9 Å². The zero-order chi connectivity index (χ0) is 19.0. The largest absolute Gasteiger partial charge is 0.493 e. The number of hydrogen-bond donors (Lipinski definition) is 3. The zero-order valence-corrected chi connectivity index (χ0v) is 16.5. The van der Waals surface area contributed by atoms with Crippen LogP contribution in [0.25, 0.3) is 0 Å². The van der Waals surface area contributed by atoms with Crippen molar-refractivity contribution in [1.82, 2.24) is 10.6 Å². The second-order valence-electron chi connectivity index (χ2n) is 6.91. The van der Waals surface area contributed by atoms with Crippen LogP contribution in [0.2, 0.25) is 0 Å². The highest BCUT2D eigenvalue weighted by Gasteiger charge is 2.34.